The van der Waals surface area contributed by atoms with Gasteiger partial charge in [-0.1, -0.05) is 12.1 Å². The van der Waals surface area contributed by atoms with E-state index in [9.17, 15) is 9.59 Å². The smallest absolute Gasteiger partial charge is 0.221 e. The van der Waals surface area contributed by atoms with Crippen molar-refractivity contribution in [2.45, 2.75) is 13.5 Å². The van der Waals surface area contributed by atoms with E-state index in [2.05, 4.69) is 15.5 Å². The summed E-state index contributed by atoms with van der Waals surface area (Å²) in [5.41, 5.74) is 2.73. The zero-order chi connectivity index (χ0) is 15.5. The Bertz CT molecular complexity index is 804. The van der Waals surface area contributed by atoms with Crippen LogP contribution in [0.5, 0.6) is 0 Å². The summed E-state index contributed by atoms with van der Waals surface area (Å²) in [5, 5.41) is 11.2. The average molecular weight is 294 g/mol. The van der Waals surface area contributed by atoms with Gasteiger partial charge in [0.15, 0.2) is 5.78 Å². The Hall–Kier alpha value is -3.02. The Morgan fingerprint density at radius 2 is 1.59 bits per heavy atom. The Kier molecular flexibility index (Phi) is 3.65. The first-order chi connectivity index (χ1) is 10.6. The van der Waals surface area contributed by atoms with E-state index in [4.69, 9.17) is 0 Å². The van der Waals surface area contributed by atoms with Crippen LogP contribution in [0.2, 0.25) is 0 Å². The summed E-state index contributed by atoms with van der Waals surface area (Å²) in [6.07, 6.45) is 0. The number of nitrogens with zero attached hydrogens (tertiary/aromatic N) is 3. The van der Waals surface area contributed by atoms with Crippen molar-refractivity contribution in [3.05, 3.63) is 54.1 Å². The number of fused-ring (bicyclic) bond motifs is 1. The molecule has 0 spiro atoms. The van der Waals surface area contributed by atoms with Gasteiger partial charge in [0.2, 0.25) is 5.91 Å². The average Bonchev–Trinajstić information content (AvgIpc) is 2.89. The number of carbonyl (C=O) groups excluding carboxylic acids is 2. The SMILES string of the molecule is CC(=O)Nc1ccc(C(=O)Cn2nc3ccccc3n2)cc1. The van der Waals surface area contributed by atoms with Crippen molar-refractivity contribution in [2.24, 2.45) is 0 Å². The van der Waals surface area contributed by atoms with E-state index >= 15 is 0 Å². The van der Waals surface area contributed by atoms with Crippen molar-refractivity contribution in [3.8, 4) is 0 Å². The summed E-state index contributed by atoms with van der Waals surface area (Å²) < 4.78 is 0. The molecular weight excluding hydrogens is 280 g/mol. The number of benzene rings is 2. The molecule has 0 aliphatic rings. The standard InChI is InChI=1S/C16H14N4O2/c1-11(21)17-13-8-6-12(7-9-13)16(22)10-20-18-14-4-2-3-5-15(14)19-20/h2-9H,10H2,1H3,(H,17,21). The van der Waals surface area contributed by atoms with Crippen LogP contribution in [-0.2, 0) is 11.3 Å². The Labute approximate surface area is 126 Å². The van der Waals surface area contributed by atoms with Gasteiger partial charge in [0, 0.05) is 18.2 Å². The molecule has 0 saturated heterocycles. The lowest BCUT2D eigenvalue weighted by atomic mass is 10.1. The van der Waals surface area contributed by atoms with Crippen molar-refractivity contribution in [1.82, 2.24) is 15.0 Å². The van der Waals surface area contributed by atoms with Crippen LogP contribution >= 0.6 is 0 Å². The maximum absolute atomic E-state index is 12.2. The normalized spacial score (nSPS) is 10.6. The number of carbonyl (C=O) groups is 2. The minimum atomic E-state index is -0.147. The van der Waals surface area contributed by atoms with E-state index in [0.29, 0.717) is 11.3 Å². The molecule has 0 atom stereocenters. The van der Waals surface area contributed by atoms with Gasteiger partial charge in [-0.25, -0.2) is 0 Å². The summed E-state index contributed by atoms with van der Waals surface area (Å²) in [6.45, 7) is 1.52. The van der Waals surface area contributed by atoms with Gasteiger partial charge < -0.3 is 5.32 Å². The molecule has 6 nitrogen and oxygen atoms in total. The second-order valence-corrected chi connectivity index (χ2v) is 4.90. The van der Waals surface area contributed by atoms with Gasteiger partial charge in [-0.2, -0.15) is 15.0 Å². The molecule has 22 heavy (non-hydrogen) atoms. The zero-order valence-corrected chi connectivity index (χ0v) is 12.0. The highest BCUT2D eigenvalue weighted by atomic mass is 16.1. The molecule has 0 aliphatic heterocycles. The van der Waals surface area contributed by atoms with E-state index in [0.717, 1.165) is 11.0 Å². The van der Waals surface area contributed by atoms with E-state index in [-0.39, 0.29) is 18.2 Å². The van der Waals surface area contributed by atoms with Gasteiger partial charge in [-0.15, -0.1) is 0 Å². The number of rotatable bonds is 4. The topological polar surface area (TPSA) is 76.9 Å². The second-order valence-electron chi connectivity index (χ2n) is 4.90. The van der Waals surface area contributed by atoms with E-state index < -0.39 is 0 Å². The fourth-order valence-corrected chi connectivity index (χ4v) is 2.14. The van der Waals surface area contributed by atoms with Crippen molar-refractivity contribution >= 4 is 28.4 Å². The number of anilines is 1. The molecule has 1 amide bonds. The van der Waals surface area contributed by atoms with Crippen molar-refractivity contribution in [2.75, 3.05) is 5.32 Å². The predicted octanol–water partition coefficient (Wildman–Crippen LogP) is 2.27. The molecule has 0 fully saturated rings. The summed E-state index contributed by atoms with van der Waals surface area (Å²) in [7, 11) is 0. The molecule has 1 N–H and O–H groups in total. The van der Waals surface area contributed by atoms with E-state index in [1.54, 1.807) is 24.3 Å². The van der Waals surface area contributed by atoms with Crippen LogP contribution < -0.4 is 5.32 Å². The molecular formula is C16H14N4O2. The quantitative estimate of drug-likeness (QED) is 0.749. The molecule has 0 aliphatic carbocycles. The van der Waals surface area contributed by atoms with Gasteiger partial charge >= 0.3 is 0 Å². The van der Waals surface area contributed by atoms with Crippen LogP contribution in [0, 0.1) is 0 Å². The van der Waals surface area contributed by atoms with Crippen LogP contribution in [0.15, 0.2) is 48.5 Å². The molecule has 1 aromatic heterocycles. The van der Waals surface area contributed by atoms with Crippen LogP contribution in [0.3, 0.4) is 0 Å². The molecule has 6 heteroatoms. The molecule has 0 unspecified atom stereocenters. The van der Waals surface area contributed by atoms with Crippen LogP contribution in [0.4, 0.5) is 5.69 Å². The third kappa shape index (κ3) is 3.01. The van der Waals surface area contributed by atoms with Gasteiger partial charge in [0.25, 0.3) is 0 Å². The summed E-state index contributed by atoms with van der Waals surface area (Å²) >= 11 is 0. The van der Waals surface area contributed by atoms with Crippen LogP contribution in [-0.4, -0.2) is 26.7 Å². The lowest BCUT2D eigenvalue weighted by Crippen LogP contribution is -2.13. The number of aromatic nitrogens is 3. The highest BCUT2D eigenvalue weighted by molar-refractivity contribution is 5.97. The number of ketones is 1. The van der Waals surface area contributed by atoms with Crippen molar-refractivity contribution in [1.29, 1.82) is 0 Å². The molecule has 3 aromatic rings. The highest BCUT2D eigenvalue weighted by Gasteiger charge is 2.10. The minimum Gasteiger partial charge on any atom is -0.326 e. The molecule has 0 bridgehead atoms. The molecule has 110 valence electrons. The van der Waals surface area contributed by atoms with E-state index in [1.807, 2.05) is 24.3 Å². The number of amides is 1. The Morgan fingerprint density at radius 3 is 2.14 bits per heavy atom. The van der Waals surface area contributed by atoms with Gasteiger partial charge in [0.1, 0.15) is 17.6 Å². The lowest BCUT2D eigenvalue weighted by molar-refractivity contribution is -0.114. The number of hydrogen-bond acceptors (Lipinski definition) is 4. The predicted molar refractivity (Wildman–Crippen MR) is 82.6 cm³/mol. The molecule has 3 rings (SSSR count). The fourth-order valence-electron chi connectivity index (χ4n) is 2.14. The monoisotopic (exact) mass is 294 g/mol. The number of Topliss-reactive ketones (excluding diaryl/α,β-unsaturated/α-hetero) is 1. The number of hydrogen-bond donors (Lipinski definition) is 1. The Balaban J connectivity index is 1.74. The maximum atomic E-state index is 12.2. The van der Waals surface area contributed by atoms with Gasteiger partial charge in [-0.05, 0) is 36.4 Å². The maximum Gasteiger partial charge on any atom is 0.221 e. The zero-order valence-electron chi connectivity index (χ0n) is 12.0. The highest BCUT2D eigenvalue weighted by Crippen LogP contribution is 2.12. The van der Waals surface area contributed by atoms with Crippen LogP contribution in [0.25, 0.3) is 11.0 Å². The molecule has 2 aromatic carbocycles. The number of nitrogens with one attached hydrogen (secondary N) is 1. The van der Waals surface area contributed by atoms with Gasteiger partial charge in [0.05, 0.1) is 0 Å². The molecule has 0 saturated carbocycles. The lowest BCUT2D eigenvalue weighted by Gasteiger charge is -2.04. The van der Waals surface area contributed by atoms with Crippen LogP contribution in [0.1, 0.15) is 17.3 Å². The second kappa shape index (κ2) is 5.77. The summed E-state index contributed by atoms with van der Waals surface area (Å²) in [6, 6.07) is 14.2. The first-order valence-electron chi connectivity index (χ1n) is 6.82. The summed E-state index contributed by atoms with van der Waals surface area (Å²) in [5.74, 6) is -0.235. The van der Waals surface area contributed by atoms with Gasteiger partial charge in [-0.3, -0.25) is 9.59 Å². The first kappa shape index (κ1) is 13.9. The van der Waals surface area contributed by atoms with E-state index in [1.165, 1.54) is 11.7 Å². The minimum absolute atomic E-state index is 0.0775. The third-order valence-corrected chi connectivity index (χ3v) is 3.14. The largest absolute Gasteiger partial charge is 0.326 e. The fraction of sp³-hybridized carbons (Fsp3) is 0.125. The first-order valence-corrected chi connectivity index (χ1v) is 6.82. The molecule has 0 radical (unpaired) electrons. The van der Waals surface area contributed by atoms with Crippen molar-refractivity contribution in [3.63, 3.8) is 0 Å². The third-order valence-electron chi connectivity index (χ3n) is 3.14. The Morgan fingerprint density at radius 1 is 1.00 bits per heavy atom. The summed E-state index contributed by atoms with van der Waals surface area (Å²) in [4.78, 5) is 24.6. The molecule has 1 heterocycles. The van der Waals surface area contributed by atoms with Crippen molar-refractivity contribution < 1.29 is 9.59 Å².